The van der Waals surface area contributed by atoms with Gasteiger partial charge in [0.2, 0.25) is 0 Å². The van der Waals surface area contributed by atoms with Crippen LogP contribution in [0.5, 0.6) is 5.75 Å². The molecule has 0 N–H and O–H groups in total. The minimum Gasteiger partial charge on any atom is -0.458 e. The first-order valence-electron chi connectivity index (χ1n) is 7.07. The summed E-state index contributed by atoms with van der Waals surface area (Å²) in [6.07, 6.45) is 5.51. The van der Waals surface area contributed by atoms with E-state index in [9.17, 15) is 10.1 Å². The molecule has 2 rings (SSSR count). The second kappa shape index (κ2) is 7.34. The summed E-state index contributed by atoms with van der Waals surface area (Å²) in [4.78, 5) is 10.3. The molecule has 1 aliphatic rings. The zero-order valence-corrected chi connectivity index (χ0v) is 14.5. The zero-order chi connectivity index (χ0) is 17.1. The predicted molar refractivity (Wildman–Crippen MR) is 90.1 cm³/mol. The normalized spacial score (nSPS) is 20.5. The van der Waals surface area contributed by atoms with Gasteiger partial charge < -0.3 is 9.47 Å². The van der Waals surface area contributed by atoms with Gasteiger partial charge in [-0.15, -0.1) is 0 Å². The highest BCUT2D eigenvalue weighted by Gasteiger charge is 2.31. The van der Waals surface area contributed by atoms with Gasteiger partial charge in [0.05, 0.1) is 21.1 Å². The Balaban J connectivity index is 2.36. The van der Waals surface area contributed by atoms with Crippen molar-refractivity contribution in [1.29, 1.82) is 0 Å². The molecule has 0 saturated heterocycles. The van der Waals surface area contributed by atoms with E-state index >= 15 is 0 Å². The molecule has 0 fully saturated rings. The number of methoxy groups -OCH3 is 1. The van der Waals surface area contributed by atoms with E-state index in [0.29, 0.717) is 5.76 Å². The van der Waals surface area contributed by atoms with Crippen LogP contribution in [0.3, 0.4) is 0 Å². The van der Waals surface area contributed by atoms with Crippen molar-refractivity contribution in [2.24, 2.45) is 11.8 Å². The van der Waals surface area contributed by atoms with Crippen LogP contribution in [0.25, 0.3) is 0 Å². The Hall–Kier alpha value is -1.56. The maximum atomic E-state index is 10.8. The number of nitrogens with zero attached hydrogens (tertiary/aromatic N) is 1. The van der Waals surface area contributed by atoms with Gasteiger partial charge in [-0.1, -0.05) is 49.2 Å². The quantitative estimate of drug-likeness (QED) is 0.548. The van der Waals surface area contributed by atoms with E-state index in [1.165, 1.54) is 12.1 Å². The van der Waals surface area contributed by atoms with Crippen molar-refractivity contribution in [3.05, 3.63) is 56.3 Å². The number of ether oxygens (including phenoxy) is 2. The lowest BCUT2D eigenvalue weighted by molar-refractivity contribution is -0.384. The van der Waals surface area contributed by atoms with Gasteiger partial charge in [-0.25, -0.2) is 0 Å². The van der Waals surface area contributed by atoms with Crippen molar-refractivity contribution in [1.82, 2.24) is 0 Å². The molecule has 2 unspecified atom stereocenters. The summed E-state index contributed by atoms with van der Waals surface area (Å²) in [5, 5.41) is 11.0. The lowest BCUT2D eigenvalue weighted by Gasteiger charge is -2.31. The molecule has 5 nitrogen and oxygen atoms in total. The Morgan fingerprint density at radius 3 is 2.35 bits per heavy atom. The largest absolute Gasteiger partial charge is 0.458 e. The molecule has 0 aromatic heterocycles. The predicted octanol–water partition coefficient (Wildman–Crippen LogP) is 5.02. The topological polar surface area (TPSA) is 61.6 Å². The molecule has 0 saturated carbocycles. The number of non-ortho nitro benzene ring substituents is 1. The summed E-state index contributed by atoms with van der Waals surface area (Å²) < 4.78 is 11.4. The minimum absolute atomic E-state index is 0.00711. The number of allylic oxidation sites excluding steroid dienone is 2. The number of hydrogen-bond donors (Lipinski definition) is 0. The second-order valence-corrected chi connectivity index (χ2v) is 6.34. The van der Waals surface area contributed by atoms with Gasteiger partial charge in [0.1, 0.15) is 5.76 Å². The van der Waals surface area contributed by atoms with Crippen molar-refractivity contribution in [2.45, 2.75) is 20.0 Å². The van der Waals surface area contributed by atoms with E-state index in [2.05, 4.69) is 13.8 Å². The van der Waals surface area contributed by atoms with Crippen LogP contribution in [-0.2, 0) is 4.74 Å². The Kier molecular flexibility index (Phi) is 5.68. The molecule has 1 aromatic carbocycles. The monoisotopic (exact) mass is 357 g/mol. The van der Waals surface area contributed by atoms with Gasteiger partial charge in [-0.05, 0) is 12.0 Å². The van der Waals surface area contributed by atoms with Crippen LogP contribution >= 0.6 is 23.2 Å². The molecule has 0 radical (unpaired) electrons. The Morgan fingerprint density at radius 2 is 1.87 bits per heavy atom. The number of halogens is 2. The zero-order valence-electron chi connectivity index (χ0n) is 13.0. The molecule has 0 spiro atoms. The van der Waals surface area contributed by atoms with Gasteiger partial charge >= 0.3 is 0 Å². The molecular formula is C16H17Cl2NO4. The van der Waals surface area contributed by atoms with Crippen molar-refractivity contribution in [3.63, 3.8) is 0 Å². The molecule has 0 amide bonds. The van der Waals surface area contributed by atoms with Crippen LogP contribution in [0.4, 0.5) is 5.69 Å². The number of hydrogen-bond acceptors (Lipinski definition) is 4. The molecule has 7 heteroatoms. The maximum absolute atomic E-state index is 10.8. The first-order chi connectivity index (χ1) is 10.8. The van der Waals surface area contributed by atoms with Crippen LogP contribution in [0.2, 0.25) is 10.0 Å². The molecule has 23 heavy (non-hydrogen) atoms. The Labute approximate surface area is 144 Å². The lowest BCUT2D eigenvalue weighted by Crippen LogP contribution is -2.31. The van der Waals surface area contributed by atoms with Gasteiger partial charge in [0, 0.05) is 25.2 Å². The van der Waals surface area contributed by atoms with E-state index in [1.807, 2.05) is 18.2 Å². The first-order valence-corrected chi connectivity index (χ1v) is 7.83. The Morgan fingerprint density at radius 1 is 1.26 bits per heavy atom. The van der Waals surface area contributed by atoms with Crippen LogP contribution in [0.15, 0.2) is 36.1 Å². The summed E-state index contributed by atoms with van der Waals surface area (Å²) in [6, 6.07) is 2.44. The van der Waals surface area contributed by atoms with Crippen LogP contribution in [-0.4, -0.2) is 18.1 Å². The fourth-order valence-electron chi connectivity index (χ4n) is 2.56. The van der Waals surface area contributed by atoms with Crippen molar-refractivity contribution < 1.29 is 14.4 Å². The number of benzene rings is 1. The van der Waals surface area contributed by atoms with Gasteiger partial charge in [-0.2, -0.15) is 0 Å². The average molecular weight is 358 g/mol. The molecule has 0 bridgehead atoms. The molecule has 1 aromatic rings. The fraction of sp³-hybridized carbons (Fsp3) is 0.375. The summed E-state index contributed by atoms with van der Waals surface area (Å²) in [5.41, 5.74) is -0.181. The van der Waals surface area contributed by atoms with Crippen molar-refractivity contribution >= 4 is 28.9 Å². The molecule has 2 atom stereocenters. The van der Waals surface area contributed by atoms with E-state index in [4.69, 9.17) is 32.7 Å². The Bertz CT molecular complexity index is 647. The SMILES string of the molecule is COC1C=CC=C(Oc2c(Cl)cc([N+](=O)[O-])cc2Cl)C1C(C)C. The maximum Gasteiger partial charge on any atom is 0.272 e. The van der Waals surface area contributed by atoms with Gasteiger partial charge in [0.25, 0.3) is 5.69 Å². The molecule has 0 heterocycles. The highest BCUT2D eigenvalue weighted by atomic mass is 35.5. The lowest BCUT2D eigenvalue weighted by atomic mass is 9.85. The van der Waals surface area contributed by atoms with Crippen molar-refractivity contribution in [2.75, 3.05) is 7.11 Å². The number of rotatable bonds is 5. The summed E-state index contributed by atoms with van der Waals surface area (Å²) in [6.45, 7) is 4.12. The summed E-state index contributed by atoms with van der Waals surface area (Å²) in [7, 11) is 1.64. The smallest absolute Gasteiger partial charge is 0.272 e. The fourth-order valence-corrected chi connectivity index (χ4v) is 3.11. The van der Waals surface area contributed by atoms with Crippen LogP contribution in [0.1, 0.15) is 13.8 Å². The molecule has 1 aliphatic carbocycles. The molecule has 124 valence electrons. The molecular weight excluding hydrogens is 341 g/mol. The van der Waals surface area contributed by atoms with E-state index in [0.717, 1.165) is 0 Å². The molecule has 0 aliphatic heterocycles. The summed E-state index contributed by atoms with van der Waals surface area (Å²) >= 11 is 12.2. The third kappa shape index (κ3) is 3.86. The summed E-state index contributed by atoms with van der Waals surface area (Å²) in [5.74, 6) is 1.12. The highest BCUT2D eigenvalue weighted by molar-refractivity contribution is 6.37. The standard InChI is InChI=1S/C16H17Cl2NO4/c1-9(2)15-13(22-3)5-4-6-14(15)23-16-11(17)7-10(19(20)21)8-12(16)18/h4-9,13,15H,1-3H3. The van der Waals surface area contributed by atoms with Gasteiger partial charge in [-0.3, -0.25) is 10.1 Å². The van der Waals surface area contributed by atoms with E-state index in [-0.39, 0.29) is 39.4 Å². The third-order valence-corrected chi connectivity index (χ3v) is 4.21. The number of nitro benzene ring substituents is 1. The van der Waals surface area contributed by atoms with E-state index in [1.54, 1.807) is 7.11 Å². The van der Waals surface area contributed by atoms with E-state index < -0.39 is 4.92 Å². The number of nitro groups is 1. The minimum atomic E-state index is -0.554. The average Bonchev–Trinajstić information content (AvgIpc) is 2.49. The second-order valence-electron chi connectivity index (χ2n) is 5.52. The third-order valence-electron chi connectivity index (χ3n) is 3.65. The van der Waals surface area contributed by atoms with Gasteiger partial charge in [0.15, 0.2) is 5.75 Å². The van der Waals surface area contributed by atoms with Crippen LogP contribution in [0, 0.1) is 22.0 Å². The first kappa shape index (κ1) is 17.8. The van der Waals surface area contributed by atoms with Crippen molar-refractivity contribution in [3.8, 4) is 5.75 Å². The highest BCUT2D eigenvalue weighted by Crippen LogP contribution is 2.40. The van der Waals surface area contributed by atoms with Crippen LogP contribution < -0.4 is 4.74 Å².